The van der Waals surface area contributed by atoms with E-state index in [1.807, 2.05) is 31.2 Å². The summed E-state index contributed by atoms with van der Waals surface area (Å²) >= 11 is 11.0. The van der Waals surface area contributed by atoms with E-state index in [-0.39, 0.29) is 11.9 Å². The smallest absolute Gasteiger partial charge is 0.233 e. The van der Waals surface area contributed by atoms with Crippen LogP contribution in [0.2, 0.25) is 5.02 Å². The van der Waals surface area contributed by atoms with E-state index in [0.717, 1.165) is 18.4 Å². The summed E-state index contributed by atoms with van der Waals surface area (Å²) in [5, 5.41) is 3.69. The highest BCUT2D eigenvalue weighted by Crippen LogP contribution is 2.46. The molecule has 1 aliphatic rings. The molecule has 0 aromatic heterocycles. The Bertz CT molecular complexity index is 523. The van der Waals surface area contributed by atoms with Crippen molar-refractivity contribution in [2.75, 3.05) is 0 Å². The Morgan fingerprint density at radius 3 is 2.45 bits per heavy atom. The summed E-state index contributed by atoms with van der Waals surface area (Å²) in [5.41, 5.74) is 6.13. The monoisotopic (exact) mass is 310 g/mol. The Balaban J connectivity index is 2.07. The summed E-state index contributed by atoms with van der Waals surface area (Å²) in [5.74, 6) is 0.429. The van der Waals surface area contributed by atoms with Crippen LogP contribution >= 0.6 is 23.8 Å². The first kappa shape index (κ1) is 15.3. The molecule has 1 saturated carbocycles. The zero-order valence-corrected chi connectivity index (χ0v) is 13.2. The van der Waals surface area contributed by atoms with Crippen LogP contribution in [-0.2, 0) is 4.79 Å². The third-order valence-corrected chi connectivity index (χ3v) is 4.66. The minimum Gasteiger partial charge on any atom is -0.392 e. The summed E-state index contributed by atoms with van der Waals surface area (Å²) in [6.45, 7) is 4.04. The molecule has 1 aliphatic carbocycles. The Hall–Kier alpha value is -1.13. The highest BCUT2D eigenvalue weighted by Gasteiger charge is 2.51. The predicted molar refractivity (Wildman–Crippen MR) is 85.6 cm³/mol. The van der Waals surface area contributed by atoms with Gasteiger partial charge in [-0.2, -0.15) is 0 Å². The number of hydrogen-bond donors (Lipinski definition) is 2. The van der Waals surface area contributed by atoms with E-state index in [2.05, 4.69) is 12.2 Å². The lowest BCUT2D eigenvalue weighted by atomic mass is 9.62. The lowest BCUT2D eigenvalue weighted by Crippen LogP contribution is -2.56. The molecule has 1 aromatic rings. The maximum Gasteiger partial charge on any atom is 0.233 e. The molecule has 0 aliphatic heterocycles. The van der Waals surface area contributed by atoms with Gasteiger partial charge in [-0.25, -0.2) is 0 Å². The Labute approximate surface area is 129 Å². The number of benzene rings is 1. The molecule has 0 spiro atoms. The fourth-order valence-corrected chi connectivity index (χ4v) is 3.18. The number of halogens is 1. The minimum atomic E-state index is -0.657. The molecule has 5 heteroatoms. The molecule has 1 fully saturated rings. The number of amides is 1. The molecule has 3 nitrogen and oxygen atoms in total. The zero-order chi connectivity index (χ0) is 14.9. The van der Waals surface area contributed by atoms with Crippen LogP contribution in [0.5, 0.6) is 0 Å². The van der Waals surface area contributed by atoms with Gasteiger partial charge >= 0.3 is 0 Å². The van der Waals surface area contributed by atoms with Crippen LogP contribution in [0.15, 0.2) is 24.3 Å². The average molecular weight is 311 g/mol. The number of nitrogens with two attached hydrogens (primary N) is 1. The maximum atomic E-state index is 12.5. The SMILES string of the molecule is CC1CC(C(=O)NC(C)c2ccc(Cl)cc2)(C(N)=S)C1. The predicted octanol–water partition coefficient (Wildman–Crippen LogP) is 3.22. The van der Waals surface area contributed by atoms with Crippen LogP contribution in [0.3, 0.4) is 0 Å². The van der Waals surface area contributed by atoms with Crippen molar-refractivity contribution in [2.24, 2.45) is 17.1 Å². The van der Waals surface area contributed by atoms with Crippen LogP contribution in [-0.4, -0.2) is 10.9 Å². The van der Waals surface area contributed by atoms with Crippen LogP contribution in [0.4, 0.5) is 0 Å². The number of hydrogen-bond acceptors (Lipinski definition) is 2. The van der Waals surface area contributed by atoms with Gasteiger partial charge in [0.15, 0.2) is 0 Å². The maximum absolute atomic E-state index is 12.5. The van der Waals surface area contributed by atoms with Crippen molar-refractivity contribution in [3.63, 3.8) is 0 Å². The lowest BCUT2D eigenvalue weighted by Gasteiger charge is -2.44. The molecule has 1 atom stereocenters. The normalized spacial score (nSPS) is 26.4. The molecule has 0 saturated heterocycles. The van der Waals surface area contributed by atoms with Crippen molar-refractivity contribution in [2.45, 2.75) is 32.7 Å². The Morgan fingerprint density at radius 2 is 2.00 bits per heavy atom. The van der Waals surface area contributed by atoms with Gasteiger partial charge in [0, 0.05) is 5.02 Å². The van der Waals surface area contributed by atoms with E-state index < -0.39 is 5.41 Å². The van der Waals surface area contributed by atoms with Crippen molar-refractivity contribution in [3.8, 4) is 0 Å². The van der Waals surface area contributed by atoms with E-state index in [1.165, 1.54) is 0 Å². The van der Waals surface area contributed by atoms with Crippen LogP contribution in [0, 0.1) is 11.3 Å². The molecule has 2 rings (SSSR count). The van der Waals surface area contributed by atoms with E-state index in [1.54, 1.807) is 0 Å². The zero-order valence-electron chi connectivity index (χ0n) is 11.7. The number of carbonyl (C=O) groups is 1. The topological polar surface area (TPSA) is 55.1 Å². The first-order valence-electron chi connectivity index (χ1n) is 6.71. The van der Waals surface area contributed by atoms with Crippen molar-refractivity contribution < 1.29 is 4.79 Å². The van der Waals surface area contributed by atoms with Gasteiger partial charge in [-0.05, 0) is 43.4 Å². The highest BCUT2D eigenvalue weighted by molar-refractivity contribution is 7.80. The number of rotatable bonds is 4. The second-order valence-electron chi connectivity index (χ2n) is 5.71. The second-order valence-corrected chi connectivity index (χ2v) is 6.58. The first-order valence-corrected chi connectivity index (χ1v) is 7.50. The fraction of sp³-hybridized carbons (Fsp3) is 0.467. The highest BCUT2D eigenvalue weighted by atomic mass is 35.5. The molecule has 1 amide bonds. The lowest BCUT2D eigenvalue weighted by molar-refractivity contribution is -0.133. The molecule has 108 valence electrons. The van der Waals surface area contributed by atoms with Gasteiger partial charge in [0.2, 0.25) is 5.91 Å². The summed E-state index contributed by atoms with van der Waals surface area (Å²) < 4.78 is 0. The summed E-state index contributed by atoms with van der Waals surface area (Å²) in [7, 11) is 0. The number of thiocarbonyl (C=S) groups is 1. The van der Waals surface area contributed by atoms with E-state index in [0.29, 0.717) is 15.9 Å². The summed E-state index contributed by atoms with van der Waals surface area (Å²) in [4.78, 5) is 12.8. The largest absolute Gasteiger partial charge is 0.392 e. The molecule has 0 heterocycles. The van der Waals surface area contributed by atoms with E-state index in [4.69, 9.17) is 29.6 Å². The van der Waals surface area contributed by atoms with Crippen molar-refractivity contribution in [3.05, 3.63) is 34.9 Å². The van der Waals surface area contributed by atoms with Gasteiger partial charge in [-0.15, -0.1) is 0 Å². The van der Waals surface area contributed by atoms with Gasteiger partial charge in [0.25, 0.3) is 0 Å². The molecule has 0 radical (unpaired) electrons. The molecular formula is C15H19ClN2OS. The standard InChI is InChI=1S/C15H19ClN2OS/c1-9-7-15(8-9,13(17)20)14(19)18-10(2)11-3-5-12(16)6-4-11/h3-6,9-10H,7-8H2,1-2H3,(H2,17,20)(H,18,19). The third-order valence-electron chi connectivity index (χ3n) is 4.02. The average Bonchev–Trinajstić information content (AvgIpc) is 2.34. The number of carbonyl (C=O) groups excluding carboxylic acids is 1. The van der Waals surface area contributed by atoms with Crippen molar-refractivity contribution >= 4 is 34.7 Å². The van der Waals surface area contributed by atoms with E-state index in [9.17, 15) is 4.79 Å². The molecule has 0 bridgehead atoms. The molecule has 3 N–H and O–H groups in total. The van der Waals surface area contributed by atoms with Crippen LogP contribution < -0.4 is 11.1 Å². The Morgan fingerprint density at radius 1 is 1.45 bits per heavy atom. The van der Waals surface area contributed by atoms with Crippen molar-refractivity contribution in [1.29, 1.82) is 0 Å². The van der Waals surface area contributed by atoms with Gasteiger partial charge in [-0.1, -0.05) is 42.9 Å². The third kappa shape index (κ3) is 2.81. The van der Waals surface area contributed by atoms with Crippen LogP contribution in [0.1, 0.15) is 38.3 Å². The Kier molecular flexibility index (Phi) is 4.35. The van der Waals surface area contributed by atoms with Crippen molar-refractivity contribution in [1.82, 2.24) is 5.32 Å². The van der Waals surface area contributed by atoms with Gasteiger partial charge in [-0.3, -0.25) is 4.79 Å². The minimum absolute atomic E-state index is 0.0643. The molecule has 1 aromatic carbocycles. The van der Waals surface area contributed by atoms with E-state index >= 15 is 0 Å². The molecule has 1 unspecified atom stereocenters. The summed E-state index contributed by atoms with van der Waals surface area (Å²) in [6.07, 6.45) is 1.48. The van der Waals surface area contributed by atoms with Gasteiger partial charge in [0.05, 0.1) is 16.4 Å². The van der Waals surface area contributed by atoms with Gasteiger partial charge in [0.1, 0.15) is 0 Å². The molecule has 20 heavy (non-hydrogen) atoms. The molecular weight excluding hydrogens is 292 g/mol. The summed E-state index contributed by atoms with van der Waals surface area (Å²) in [6, 6.07) is 7.35. The van der Waals surface area contributed by atoms with Crippen LogP contribution in [0.25, 0.3) is 0 Å². The fourth-order valence-electron chi connectivity index (χ4n) is 2.80. The second kappa shape index (κ2) is 5.70. The first-order chi connectivity index (χ1) is 9.35. The number of nitrogens with one attached hydrogen (secondary N) is 1. The quantitative estimate of drug-likeness (QED) is 0.840. The van der Waals surface area contributed by atoms with Gasteiger partial charge < -0.3 is 11.1 Å².